The molecule has 0 radical (unpaired) electrons. The van der Waals surface area contributed by atoms with Crippen molar-refractivity contribution in [3.63, 3.8) is 0 Å². The lowest BCUT2D eigenvalue weighted by molar-refractivity contribution is 0.511. The van der Waals surface area contributed by atoms with Gasteiger partial charge in [0, 0.05) is 12.0 Å². The molecule has 0 atom stereocenters. The first-order valence-corrected chi connectivity index (χ1v) is 5.90. The number of nitrogens with one attached hydrogen (secondary N) is 1. The fraction of sp³-hybridized carbons (Fsp3) is 0.308. The van der Waals surface area contributed by atoms with E-state index in [9.17, 15) is 8.78 Å². The van der Waals surface area contributed by atoms with Gasteiger partial charge in [0.15, 0.2) is 11.6 Å². The molecule has 2 aromatic rings. The molecule has 2 rings (SSSR count). The van der Waals surface area contributed by atoms with E-state index in [-0.39, 0.29) is 5.56 Å². The summed E-state index contributed by atoms with van der Waals surface area (Å²) < 4.78 is 26.7. The minimum absolute atomic E-state index is 0.201. The largest absolute Gasteiger partial charge is 0.342 e. The first kappa shape index (κ1) is 12.7. The summed E-state index contributed by atoms with van der Waals surface area (Å²) in [5.74, 6) is -0.941. The Morgan fingerprint density at radius 1 is 1.22 bits per heavy atom. The molecule has 0 saturated heterocycles. The summed E-state index contributed by atoms with van der Waals surface area (Å²) in [6.07, 6.45) is 4.13. The molecule has 0 bridgehead atoms. The Morgan fingerprint density at radius 3 is 2.83 bits per heavy atom. The van der Waals surface area contributed by atoms with E-state index in [0.717, 1.165) is 31.2 Å². The standard InChI is InChI=1S/C13H15F2N3/c14-10-5-3-4-9(13(10)15)11-8-17-12(18-11)6-1-2-7-16/h3-5,8H,1-2,6-7,16H2,(H,17,18). The molecule has 0 saturated carbocycles. The topological polar surface area (TPSA) is 54.7 Å². The molecule has 0 spiro atoms. The maximum Gasteiger partial charge on any atom is 0.168 e. The number of imidazole rings is 1. The van der Waals surface area contributed by atoms with E-state index in [0.29, 0.717) is 12.2 Å². The number of aromatic amines is 1. The summed E-state index contributed by atoms with van der Waals surface area (Å²) in [6.45, 7) is 0.645. The third kappa shape index (κ3) is 2.73. The van der Waals surface area contributed by atoms with Gasteiger partial charge in [0.05, 0.1) is 11.9 Å². The first-order chi connectivity index (χ1) is 8.72. The van der Waals surface area contributed by atoms with Gasteiger partial charge < -0.3 is 10.7 Å². The van der Waals surface area contributed by atoms with Crippen molar-refractivity contribution in [2.24, 2.45) is 5.73 Å². The lowest BCUT2D eigenvalue weighted by Crippen LogP contribution is -1.99. The van der Waals surface area contributed by atoms with Crippen LogP contribution < -0.4 is 5.73 Å². The third-order valence-electron chi connectivity index (χ3n) is 2.74. The van der Waals surface area contributed by atoms with E-state index in [1.165, 1.54) is 18.3 Å². The van der Waals surface area contributed by atoms with Crippen LogP contribution in [0.4, 0.5) is 8.78 Å². The summed E-state index contributed by atoms with van der Waals surface area (Å²) in [4.78, 5) is 7.15. The molecule has 1 aromatic carbocycles. The normalized spacial score (nSPS) is 10.8. The molecule has 0 aliphatic rings. The number of hydrogen-bond donors (Lipinski definition) is 2. The second-order valence-corrected chi connectivity index (χ2v) is 4.09. The van der Waals surface area contributed by atoms with Crippen LogP contribution in [-0.4, -0.2) is 16.5 Å². The summed E-state index contributed by atoms with van der Waals surface area (Å²) >= 11 is 0. The van der Waals surface area contributed by atoms with Crippen LogP contribution in [0.15, 0.2) is 24.4 Å². The monoisotopic (exact) mass is 251 g/mol. The SMILES string of the molecule is NCCCCc1ncc(-c2cccc(F)c2F)[nH]1. The Balaban J connectivity index is 2.16. The summed E-state index contributed by atoms with van der Waals surface area (Å²) in [7, 11) is 0. The van der Waals surface area contributed by atoms with Crippen LogP contribution >= 0.6 is 0 Å². The zero-order valence-electron chi connectivity index (χ0n) is 9.92. The number of rotatable bonds is 5. The molecule has 3 N–H and O–H groups in total. The molecule has 0 unspecified atom stereocenters. The minimum Gasteiger partial charge on any atom is -0.342 e. The van der Waals surface area contributed by atoms with Crippen molar-refractivity contribution in [3.05, 3.63) is 41.9 Å². The number of halogens is 2. The van der Waals surface area contributed by atoms with Gasteiger partial charge in [0.25, 0.3) is 0 Å². The molecule has 0 aliphatic heterocycles. The van der Waals surface area contributed by atoms with Gasteiger partial charge in [-0.1, -0.05) is 6.07 Å². The van der Waals surface area contributed by atoms with E-state index in [2.05, 4.69) is 9.97 Å². The Hall–Kier alpha value is -1.75. The molecule has 1 heterocycles. The number of H-pyrrole nitrogens is 1. The summed E-state index contributed by atoms with van der Waals surface area (Å²) in [5, 5.41) is 0. The number of benzene rings is 1. The molecule has 0 fully saturated rings. The zero-order valence-corrected chi connectivity index (χ0v) is 9.92. The van der Waals surface area contributed by atoms with Crippen molar-refractivity contribution < 1.29 is 8.78 Å². The van der Waals surface area contributed by atoms with Crippen molar-refractivity contribution in [1.82, 2.24) is 9.97 Å². The van der Waals surface area contributed by atoms with Crippen molar-refractivity contribution in [3.8, 4) is 11.3 Å². The van der Waals surface area contributed by atoms with E-state index >= 15 is 0 Å². The van der Waals surface area contributed by atoms with Gasteiger partial charge in [0.1, 0.15) is 5.82 Å². The van der Waals surface area contributed by atoms with E-state index < -0.39 is 11.6 Å². The number of nitrogens with two attached hydrogens (primary N) is 1. The van der Waals surface area contributed by atoms with Crippen LogP contribution in [0.5, 0.6) is 0 Å². The number of aryl methyl sites for hydroxylation is 1. The van der Waals surface area contributed by atoms with Crippen LogP contribution in [0, 0.1) is 11.6 Å². The second-order valence-electron chi connectivity index (χ2n) is 4.09. The maximum absolute atomic E-state index is 13.6. The van der Waals surface area contributed by atoms with Crippen molar-refractivity contribution in [2.75, 3.05) is 6.54 Å². The number of unbranched alkanes of at least 4 members (excludes halogenated alkanes) is 1. The van der Waals surface area contributed by atoms with Crippen LogP contribution in [0.1, 0.15) is 18.7 Å². The zero-order chi connectivity index (χ0) is 13.0. The van der Waals surface area contributed by atoms with E-state index in [1.54, 1.807) is 0 Å². The highest BCUT2D eigenvalue weighted by Gasteiger charge is 2.11. The molecule has 1 aromatic heterocycles. The molecule has 5 heteroatoms. The highest BCUT2D eigenvalue weighted by Crippen LogP contribution is 2.22. The van der Waals surface area contributed by atoms with Crippen LogP contribution in [-0.2, 0) is 6.42 Å². The second kappa shape index (κ2) is 5.73. The molecule has 18 heavy (non-hydrogen) atoms. The van der Waals surface area contributed by atoms with Gasteiger partial charge in [-0.2, -0.15) is 0 Å². The molecular formula is C13H15F2N3. The Morgan fingerprint density at radius 2 is 2.06 bits per heavy atom. The highest BCUT2D eigenvalue weighted by atomic mass is 19.2. The minimum atomic E-state index is -0.855. The Kier molecular flexibility index (Phi) is 4.04. The van der Waals surface area contributed by atoms with Crippen LogP contribution in [0.2, 0.25) is 0 Å². The van der Waals surface area contributed by atoms with E-state index in [1.807, 2.05) is 0 Å². The van der Waals surface area contributed by atoms with Gasteiger partial charge >= 0.3 is 0 Å². The molecule has 0 amide bonds. The fourth-order valence-electron chi connectivity index (χ4n) is 1.77. The Labute approximate surface area is 104 Å². The van der Waals surface area contributed by atoms with Crippen LogP contribution in [0.3, 0.4) is 0 Å². The van der Waals surface area contributed by atoms with Gasteiger partial charge in [-0.3, -0.25) is 0 Å². The van der Waals surface area contributed by atoms with Crippen LogP contribution in [0.25, 0.3) is 11.3 Å². The molecule has 96 valence electrons. The fourth-order valence-corrected chi connectivity index (χ4v) is 1.77. The summed E-state index contributed by atoms with van der Waals surface area (Å²) in [5.41, 5.74) is 6.10. The number of aromatic nitrogens is 2. The third-order valence-corrected chi connectivity index (χ3v) is 2.74. The van der Waals surface area contributed by atoms with Crippen molar-refractivity contribution in [2.45, 2.75) is 19.3 Å². The average Bonchev–Trinajstić information content (AvgIpc) is 2.82. The maximum atomic E-state index is 13.6. The van der Waals surface area contributed by atoms with Gasteiger partial charge in [0.2, 0.25) is 0 Å². The molecule has 3 nitrogen and oxygen atoms in total. The first-order valence-electron chi connectivity index (χ1n) is 5.90. The smallest absolute Gasteiger partial charge is 0.168 e. The van der Waals surface area contributed by atoms with Crippen molar-refractivity contribution >= 4 is 0 Å². The lowest BCUT2D eigenvalue weighted by atomic mass is 10.1. The predicted molar refractivity (Wildman–Crippen MR) is 65.9 cm³/mol. The quantitative estimate of drug-likeness (QED) is 0.803. The number of hydrogen-bond acceptors (Lipinski definition) is 2. The number of nitrogens with zero attached hydrogens (tertiary/aromatic N) is 1. The van der Waals surface area contributed by atoms with Gasteiger partial charge in [-0.15, -0.1) is 0 Å². The Bertz CT molecular complexity index is 523. The summed E-state index contributed by atoms with van der Waals surface area (Å²) in [6, 6.07) is 4.09. The highest BCUT2D eigenvalue weighted by molar-refractivity contribution is 5.59. The lowest BCUT2D eigenvalue weighted by Gasteiger charge is -2.00. The van der Waals surface area contributed by atoms with Crippen molar-refractivity contribution in [1.29, 1.82) is 0 Å². The van der Waals surface area contributed by atoms with Gasteiger partial charge in [-0.05, 0) is 31.5 Å². The predicted octanol–water partition coefficient (Wildman–Crippen LogP) is 2.64. The molecule has 0 aliphatic carbocycles. The molecular weight excluding hydrogens is 236 g/mol. The average molecular weight is 251 g/mol. The van der Waals surface area contributed by atoms with E-state index in [4.69, 9.17) is 5.73 Å². The van der Waals surface area contributed by atoms with Gasteiger partial charge in [-0.25, -0.2) is 13.8 Å².